The van der Waals surface area contributed by atoms with Crippen LogP contribution in [0.3, 0.4) is 0 Å². The van der Waals surface area contributed by atoms with E-state index in [1.807, 2.05) is 36.5 Å². The van der Waals surface area contributed by atoms with Crippen LogP contribution in [-0.4, -0.2) is 36.4 Å². The second-order valence-corrected chi connectivity index (χ2v) is 14.5. The Bertz CT molecular complexity index is 1030. The second kappa shape index (κ2) is 10.9. The van der Waals surface area contributed by atoms with Crippen molar-refractivity contribution < 1.29 is 4.43 Å². The Kier molecular flexibility index (Phi) is 8.18. The van der Waals surface area contributed by atoms with Crippen LogP contribution in [0.25, 0.3) is 11.3 Å². The fraction of sp³-hybridized carbons (Fsp3) is 0.400. The highest BCUT2D eigenvalue weighted by Crippen LogP contribution is 2.37. The van der Waals surface area contributed by atoms with Crippen molar-refractivity contribution in [3.8, 4) is 11.3 Å². The molecule has 0 radical (unpaired) electrons. The fourth-order valence-electron chi connectivity index (χ4n) is 2.90. The van der Waals surface area contributed by atoms with Crippen molar-refractivity contribution in [3.63, 3.8) is 0 Å². The van der Waals surface area contributed by atoms with Crippen LogP contribution in [0.15, 0.2) is 54.9 Å². The zero-order valence-electron chi connectivity index (χ0n) is 20.4. The van der Waals surface area contributed by atoms with E-state index in [1.165, 1.54) is 0 Å². The predicted octanol–water partition coefficient (Wildman–Crippen LogP) is 5.56. The maximum atomic E-state index is 6.36. The molecule has 2 heterocycles. The highest BCUT2D eigenvalue weighted by molar-refractivity contribution is 6.74. The number of benzene rings is 1. The molecule has 7 nitrogen and oxygen atoms in total. The topological polar surface area (TPSA) is 98.0 Å². The maximum Gasteiger partial charge on any atom is 0.227 e. The zero-order chi connectivity index (χ0) is 23.9. The molecule has 0 aliphatic heterocycles. The molecule has 4 N–H and O–H groups in total. The third-order valence-electron chi connectivity index (χ3n) is 5.99. The number of nitrogens with zero attached hydrogens (tertiary/aromatic N) is 3. The normalized spacial score (nSPS) is 11.9. The Morgan fingerprint density at radius 2 is 1.88 bits per heavy atom. The molecule has 0 aliphatic carbocycles. The summed E-state index contributed by atoms with van der Waals surface area (Å²) in [7, 11) is -1.80. The molecule has 176 valence electrons. The average molecular weight is 465 g/mol. The predicted molar refractivity (Wildman–Crippen MR) is 139 cm³/mol. The molecule has 0 amide bonds. The Labute approximate surface area is 198 Å². The molecule has 0 saturated carbocycles. The molecule has 0 bridgehead atoms. The molecule has 33 heavy (non-hydrogen) atoms. The van der Waals surface area contributed by atoms with Crippen LogP contribution < -0.4 is 16.4 Å². The molecule has 0 spiro atoms. The van der Waals surface area contributed by atoms with Crippen molar-refractivity contribution in [3.05, 3.63) is 60.4 Å². The summed E-state index contributed by atoms with van der Waals surface area (Å²) in [4.78, 5) is 13.5. The number of anilines is 3. The third kappa shape index (κ3) is 7.08. The van der Waals surface area contributed by atoms with E-state index in [9.17, 15) is 0 Å². The fourth-order valence-corrected chi connectivity index (χ4v) is 3.86. The smallest absolute Gasteiger partial charge is 0.227 e. The maximum absolute atomic E-state index is 6.36. The lowest BCUT2D eigenvalue weighted by atomic mass is 10.2. The van der Waals surface area contributed by atoms with E-state index in [0.717, 1.165) is 41.3 Å². The van der Waals surface area contributed by atoms with Gasteiger partial charge in [0, 0.05) is 30.2 Å². The monoisotopic (exact) mass is 464 g/mol. The average Bonchev–Trinajstić information content (AvgIpc) is 2.78. The van der Waals surface area contributed by atoms with Gasteiger partial charge in [0.1, 0.15) is 5.82 Å². The number of nitrogens with two attached hydrogens (primary N) is 1. The molecule has 8 heteroatoms. The molecule has 0 aliphatic rings. The van der Waals surface area contributed by atoms with Crippen LogP contribution in [0.2, 0.25) is 18.1 Å². The molecule has 2 aromatic heterocycles. The highest BCUT2D eigenvalue weighted by Gasteiger charge is 2.37. The largest absolute Gasteiger partial charge is 0.413 e. The summed E-state index contributed by atoms with van der Waals surface area (Å²) in [6.07, 6.45) is 4.48. The first-order valence-electron chi connectivity index (χ1n) is 11.4. The summed E-state index contributed by atoms with van der Waals surface area (Å²) < 4.78 is 6.36. The molecule has 0 atom stereocenters. The number of aromatic nitrogens is 3. The molecular weight excluding hydrogens is 428 g/mol. The van der Waals surface area contributed by atoms with Crippen LogP contribution in [0.5, 0.6) is 0 Å². The molecule has 3 aromatic rings. The van der Waals surface area contributed by atoms with Crippen LogP contribution in [0.4, 0.5) is 17.5 Å². The van der Waals surface area contributed by atoms with Gasteiger partial charge in [0.15, 0.2) is 8.32 Å². The van der Waals surface area contributed by atoms with E-state index in [0.29, 0.717) is 19.1 Å². The number of hydrogen-bond donors (Lipinski definition) is 3. The van der Waals surface area contributed by atoms with Gasteiger partial charge in [-0.25, -0.2) is 15.0 Å². The van der Waals surface area contributed by atoms with Gasteiger partial charge >= 0.3 is 0 Å². The van der Waals surface area contributed by atoms with Crippen molar-refractivity contribution >= 4 is 25.8 Å². The van der Waals surface area contributed by atoms with Crippen molar-refractivity contribution in [1.82, 2.24) is 15.0 Å². The van der Waals surface area contributed by atoms with Gasteiger partial charge in [0.2, 0.25) is 5.95 Å². The number of nitrogens with one attached hydrogen (secondary N) is 2. The quantitative estimate of drug-likeness (QED) is 0.267. The van der Waals surface area contributed by atoms with Gasteiger partial charge < -0.3 is 20.8 Å². The molecular formula is C25H36N6OSi. The molecule has 0 unspecified atom stereocenters. The van der Waals surface area contributed by atoms with Crippen LogP contribution in [0.1, 0.15) is 32.8 Å². The third-order valence-corrected chi connectivity index (χ3v) is 10.5. The van der Waals surface area contributed by atoms with Crippen molar-refractivity contribution in [1.29, 1.82) is 0 Å². The van der Waals surface area contributed by atoms with Gasteiger partial charge in [0.05, 0.1) is 12.3 Å². The van der Waals surface area contributed by atoms with Gasteiger partial charge in [-0.05, 0) is 67.0 Å². The minimum absolute atomic E-state index is 0.185. The second-order valence-electron chi connectivity index (χ2n) is 9.64. The van der Waals surface area contributed by atoms with Gasteiger partial charge in [-0.2, -0.15) is 0 Å². The van der Waals surface area contributed by atoms with Crippen molar-refractivity contribution in [2.24, 2.45) is 5.73 Å². The number of hydrogen-bond acceptors (Lipinski definition) is 7. The summed E-state index contributed by atoms with van der Waals surface area (Å²) in [5.74, 6) is 1.37. The van der Waals surface area contributed by atoms with Crippen LogP contribution >= 0.6 is 0 Å². The summed E-state index contributed by atoms with van der Waals surface area (Å²) >= 11 is 0. The van der Waals surface area contributed by atoms with E-state index in [4.69, 9.17) is 10.2 Å². The molecule has 1 aromatic carbocycles. The Morgan fingerprint density at radius 3 is 2.58 bits per heavy atom. The molecule has 0 saturated heterocycles. The Hall–Kier alpha value is -2.81. The molecule has 3 rings (SSSR count). The zero-order valence-corrected chi connectivity index (χ0v) is 21.4. The van der Waals surface area contributed by atoms with E-state index in [-0.39, 0.29) is 5.04 Å². The lowest BCUT2D eigenvalue weighted by molar-refractivity contribution is 0.276. The van der Waals surface area contributed by atoms with Gasteiger partial charge in [-0.3, -0.25) is 0 Å². The van der Waals surface area contributed by atoms with E-state index in [2.05, 4.69) is 71.6 Å². The van der Waals surface area contributed by atoms with Crippen LogP contribution in [0, 0.1) is 0 Å². The summed E-state index contributed by atoms with van der Waals surface area (Å²) in [6.45, 7) is 13.4. The molecule has 0 fully saturated rings. The first-order valence-corrected chi connectivity index (χ1v) is 14.3. The van der Waals surface area contributed by atoms with Crippen molar-refractivity contribution in [2.75, 3.05) is 23.7 Å². The summed E-state index contributed by atoms with van der Waals surface area (Å²) in [6, 6.07) is 14.0. The summed E-state index contributed by atoms with van der Waals surface area (Å²) in [5.41, 5.74) is 9.33. The lowest BCUT2D eigenvalue weighted by Gasteiger charge is -2.36. The minimum atomic E-state index is -1.80. The number of pyridine rings is 1. The van der Waals surface area contributed by atoms with E-state index in [1.54, 1.807) is 6.20 Å². The van der Waals surface area contributed by atoms with Gasteiger partial charge in [-0.1, -0.05) is 32.9 Å². The minimum Gasteiger partial charge on any atom is -0.413 e. The van der Waals surface area contributed by atoms with Gasteiger partial charge in [-0.15, -0.1) is 0 Å². The Balaban J connectivity index is 1.66. The number of rotatable bonds is 10. The highest BCUT2D eigenvalue weighted by atomic mass is 28.4. The van der Waals surface area contributed by atoms with Crippen LogP contribution in [-0.2, 0) is 11.0 Å². The van der Waals surface area contributed by atoms with E-state index >= 15 is 0 Å². The van der Waals surface area contributed by atoms with E-state index < -0.39 is 8.32 Å². The standard InChI is InChI=1S/C25H36N6OSi/c1-25(2,3)33(4,5)32-18-19-8-6-9-21(16-19)30-24-28-15-12-22(31-24)20-10-11-23(29-17-20)27-14-7-13-26/h6,8-12,15-17H,7,13-14,18,26H2,1-5H3,(H,27,29)(H,28,30,31). The van der Waals surface area contributed by atoms with Gasteiger partial charge in [0.25, 0.3) is 0 Å². The van der Waals surface area contributed by atoms with Crippen molar-refractivity contribution in [2.45, 2.75) is 51.9 Å². The first kappa shape index (κ1) is 24.8. The lowest BCUT2D eigenvalue weighted by Crippen LogP contribution is -2.40. The Morgan fingerprint density at radius 1 is 1.06 bits per heavy atom. The summed E-state index contributed by atoms with van der Waals surface area (Å²) in [5, 5.41) is 6.76. The SMILES string of the molecule is CC(C)(C)[Si](C)(C)OCc1cccc(Nc2nccc(-c3ccc(NCCCN)nc3)n2)c1. The first-order chi connectivity index (χ1) is 15.7.